The summed E-state index contributed by atoms with van der Waals surface area (Å²) in [5.74, 6) is 1.87. The van der Waals surface area contributed by atoms with Gasteiger partial charge in [-0.15, -0.1) is 0 Å². The van der Waals surface area contributed by atoms with E-state index < -0.39 is 6.16 Å². The number of ether oxygens (including phenoxy) is 3. The minimum absolute atomic E-state index is 0. The van der Waals surface area contributed by atoms with Crippen LogP contribution < -0.4 is 26.5 Å². The Labute approximate surface area is 218 Å². The predicted octanol–water partition coefficient (Wildman–Crippen LogP) is 2.95. The molecule has 0 saturated carbocycles. The van der Waals surface area contributed by atoms with Crippen LogP contribution >= 0.6 is 0 Å². The summed E-state index contributed by atoms with van der Waals surface area (Å²) < 4.78 is 18.5. The van der Waals surface area contributed by atoms with E-state index in [1.54, 1.807) is 0 Å². The lowest BCUT2D eigenvalue weighted by Gasteiger charge is -2.51. The first-order valence-corrected chi connectivity index (χ1v) is 12.3. The zero-order valence-electron chi connectivity index (χ0n) is 19.9. The second-order valence-electron chi connectivity index (χ2n) is 9.42. The van der Waals surface area contributed by atoms with Gasteiger partial charge in [0.25, 0.3) is 0 Å². The lowest BCUT2D eigenvalue weighted by atomic mass is 9.83. The molecule has 3 aliphatic rings. The molecular formula is C29H32BrNO4. The van der Waals surface area contributed by atoms with Crippen LogP contribution in [-0.4, -0.2) is 49.5 Å². The largest absolute Gasteiger partial charge is 1.00 e. The van der Waals surface area contributed by atoms with Crippen molar-refractivity contribution < 1.29 is 40.5 Å². The summed E-state index contributed by atoms with van der Waals surface area (Å²) in [6, 6.07) is 27.5. The molecule has 1 atom stereocenters. The smallest absolute Gasteiger partial charge is 0.514 e. The van der Waals surface area contributed by atoms with Crippen molar-refractivity contribution in [2.75, 3.05) is 32.8 Å². The van der Waals surface area contributed by atoms with E-state index in [1.807, 2.05) is 84.9 Å². The Bertz CT molecular complexity index is 1080. The quantitative estimate of drug-likeness (QED) is 0.192. The Morgan fingerprint density at radius 3 is 2.26 bits per heavy atom. The number of fused-ring (bicyclic) bond motifs is 3. The summed E-state index contributed by atoms with van der Waals surface area (Å²) in [5.41, 5.74) is 1.90. The fraction of sp³-hybridized carbons (Fsp3) is 0.345. The average Bonchev–Trinajstić information content (AvgIpc) is 2.89. The molecule has 0 unspecified atom stereocenters. The third-order valence-corrected chi connectivity index (χ3v) is 7.24. The summed E-state index contributed by atoms with van der Waals surface area (Å²) >= 11 is 0. The first-order valence-electron chi connectivity index (χ1n) is 12.3. The number of halogens is 1. The van der Waals surface area contributed by atoms with Crippen LogP contribution in [0, 0.1) is 5.92 Å². The van der Waals surface area contributed by atoms with Crippen LogP contribution in [0.15, 0.2) is 84.9 Å². The van der Waals surface area contributed by atoms with Crippen molar-refractivity contribution in [2.45, 2.75) is 25.4 Å². The number of piperidine rings is 3. The molecule has 0 N–H and O–H groups in total. The Hall–Kier alpha value is -2.83. The van der Waals surface area contributed by atoms with Crippen LogP contribution in [0.3, 0.4) is 0 Å². The molecule has 6 heteroatoms. The molecule has 3 heterocycles. The Morgan fingerprint density at radius 1 is 0.857 bits per heavy atom. The van der Waals surface area contributed by atoms with Crippen LogP contribution in [0.5, 0.6) is 11.5 Å². The third kappa shape index (κ3) is 6.24. The molecule has 0 amide bonds. The molecular weight excluding hydrogens is 506 g/mol. The third-order valence-electron chi connectivity index (χ3n) is 7.24. The molecule has 0 aromatic heterocycles. The van der Waals surface area contributed by atoms with Crippen molar-refractivity contribution in [3.05, 3.63) is 84.9 Å². The predicted molar refractivity (Wildman–Crippen MR) is 132 cm³/mol. The highest BCUT2D eigenvalue weighted by Gasteiger charge is 2.47. The molecule has 3 aliphatic heterocycles. The van der Waals surface area contributed by atoms with E-state index in [1.165, 1.54) is 0 Å². The van der Waals surface area contributed by atoms with E-state index in [-0.39, 0.29) is 23.1 Å². The second kappa shape index (κ2) is 11.7. The molecule has 184 valence electrons. The zero-order valence-corrected chi connectivity index (χ0v) is 21.4. The summed E-state index contributed by atoms with van der Waals surface area (Å²) in [6.07, 6.45) is 2.48. The van der Waals surface area contributed by atoms with Crippen LogP contribution in [0.1, 0.15) is 19.3 Å². The number of hydrogen-bond donors (Lipinski definition) is 0. The van der Waals surface area contributed by atoms with Crippen LogP contribution in [0.25, 0.3) is 11.1 Å². The highest BCUT2D eigenvalue weighted by molar-refractivity contribution is 5.74. The summed E-state index contributed by atoms with van der Waals surface area (Å²) in [7, 11) is 0. The molecule has 3 fully saturated rings. The molecule has 0 aliphatic carbocycles. The van der Waals surface area contributed by atoms with Gasteiger partial charge in [-0.05, 0) is 23.8 Å². The molecule has 6 rings (SSSR count). The number of carbonyl (C=O) groups is 1. The average molecular weight is 538 g/mol. The van der Waals surface area contributed by atoms with Crippen molar-refractivity contribution in [3.63, 3.8) is 0 Å². The maximum absolute atomic E-state index is 12.8. The highest BCUT2D eigenvalue weighted by Crippen LogP contribution is 2.36. The van der Waals surface area contributed by atoms with Gasteiger partial charge in [-0.2, -0.15) is 0 Å². The number of rotatable bonds is 8. The standard InChI is InChI=1S/C29H32NO4.BrH/c31-29(33-27-15-8-7-14-26(27)23-10-3-1-4-11-23)34-28-22-30(19-16-24(28)17-20-30)18-9-21-32-25-12-5-2-6-13-25;/h1-8,10-15,24,28H,9,16-22H2;1H/q+1;/p-1/t24?,28-,30?;/m0./s1. The molecule has 3 saturated heterocycles. The van der Waals surface area contributed by atoms with Gasteiger partial charge in [-0.1, -0.05) is 66.7 Å². The fourth-order valence-corrected chi connectivity index (χ4v) is 5.43. The number of para-hydroxylation sites is 2. The van der Waals surface area contributed by atoms with E-state index in [4.69, 9.17) is 14.2 Å². The van der Waals surface area contributed by atoms with Crippen LogP contribution in [0.2, 0.25) is 0 Å². The van der Waals surface area contributed by atoms with E-state index in [2.05, 4.69) is 0 Å². The second-order valence-corrected chi connectivity index (χ2v) is 9.42. The number of quaternary nitrogens is 1. The Kier molecular flexibility index (Phi) is 8.47. The van der Waals surface area contributed by atoms with Gasteiger partial charge in [-0.3, -0.25) is 0 Å². The molecule has 0 radical (unpaired) electrons. The van der Waals surface area contributed by atoms with Gasteiger partial charge in [-0.25, -0.2) is 4.79 Å². The number of benzene rings is 3. The van der Waals surface area contributed by atoms with Gasteiger partial charge in [0.2, 0.25) is 0 Å². The summed E-state index contributed by atoms with van der Waals surface area (Å²) in [6.45, 7) is 4.93. The van der Waals surface area contributed by atoms with Gasteiger partial charge < -0.3 is 35.7 Å². The first-order chi connectivity index (χ1) is 16.7. The van der Waals surface area contributed by atoms with Gasteiger partial charge in [0.15, 0.2) is 6.10 Å². The summed E-state index contributed by atoms with van der Waals surface area (Å²) in [4.78, 5) is 12.8. The molecule has 2 bridgehead atoms. The molecule has 3 aromatic rings. The molecule has 0 spiro atoms. The number of nitrogens with zero attached hydrogens (tertiary/aromatic N) is 1. The number of carbonyl (C=O) groups excluding carboxylic acids is 1. The zero-order chi connectivity index (χ0) is 23.2. The molecule has 35 heavy (non-hydrogen) atoms. The van der Waals surface area contributed by atoms with Gasteiger partial charge in [0.05, 0.1) is 26.2 Å². The molecule has 5 nitrogen and oxygen atoms in total. The summed E-state index contributed by atoms with van der Waals surface area (Å²) in [5, 5.41) is 0. The van der Waals surface area contributed by atoms with E-state index in [0.717, 1.165) is 66.8 Å². The minimum atomic E-state index is -0.604. The van der Waals surface area contributed by atoms with Crippen molar-refractivity contribution in [3.8, 4) is 22.6 Å². The van der Waals surface area contributed by atoms with Crippen molar-refractivity contribution >= 4 is 6.16 Å². The van der Waals surface area contributed by atoms with Crippen molar-refractivity contribution in [1.82, 2.24) is 0 Å². The van der Waals surface area contributed by atoms with E-state index in [0.29, 0.717) is 18.3 Å². The fourth-order valence-electron chi connectivity index (χ4n) is 5.43. The maximum atomic E-state index is 12.8. The first kappa shape index (κ1) is 25.3. The van der Waals surface area contributed by atoms with Gasteiger partial charge in [0, 0.05) is 30.7 Å². The number of hydrogen-bond acceptors (Lipinski definition) is 4. The van der Waals surface area contributed by atoms with Crippen LogP contribution in [-0.2, 0) is 4.74 Å². The highest BCUT2D eigenvalue weighted by atomic mass is 79.9. The van der Waals surface area contributed by atoms with E-state index >= 15 is 0 Å². The van der Waals surface area contributed by atoms with Gasteiger partial charge >= 0.3 is 6.16 Å². The lowest BCUT2D eigenvalue weighted by Crippen LogP contribution is -3.00. The monoisotopic (exact) mass is 537 g/mol. The van der Waals surface area contributed by atoms with Crippen molar-refractivity contribution in [2.24, 2.45) is 5.92 Å². The minimum Gasteiger partial charge on any atom is -1.00 e. The Balaban J connectivity index is 0.00000289. The van der Waals surface area contributed by atoms with Crippen LogP contribution in [0.4, 0.5) is 4.79 Å². The maximum Gasteiger partial charge on any atom is 0.514 e. The molecule has 3 aromatic carbocycles. The lowest BCUT2D eigenvalue weighted by molar-refractivity contribution is -0.946. The van der Waals surface area contributed by atoms with Crippen molar-refractivity contribution in [1.29, 1.82) is 0 Å². The Morgan fingerprint density at radius 2 is 1.51 bits per heavy atom. The topological polar surface area (TPSA) is 44.8 Å². The van der Waals surface area contributed by atoms with Gasteiger partial charge in [0.1, 0.15) is 18.0 Å². The normalized spacial score (nSPS) is 22.6. The SMILES string of the molecule is O=C(Oc1ccccc1-c1ccccc1)O[C@H]1C[N+]2(CCCOc3ccccc3)CCC1CC2.[Br-]. The van der Waals surface area contributed by atoms with E-state index in [9.17, 15) is 4.79 Å².